The molecule has 0 spiro atoms. The predicted octanol–water partition coefficient (Wildman–Crippen LogP) is 2.12. The molecule has 0 aromatic carbocycles. The summed E-state index contributed by atoms with van der Waals surface area (Å²) >= 11 is 0. The molecule has 1 aliphatic rings. The van der Waals surface area contributed by atoms with E-state index < -0.39 is 0 Å². The fourth-order valence-corrected chi connectivity index (χ4v) is 0.874. The van der Waals surface area contributed by atoms with Gasteiger partial charge in [0.2, 0.25) is 0 Å². The third-order valence-corrected chi connectivity index (χ3v) is 1.37. The van der Waals surface area contributed by atoms with Gasteiger partial charge >= 0.3 is 0 Å². The van der Waals surface area contributed by atoms with Crippen molar-refractivity contribution in [3.63, 3.8) is 0 Å². The van der Waals surface area contributed by atoms with Crippen LogP contribution in [0.3, 0.4) is 0 Å². The largest absolute Gasteiger partial charge is 0.307 e. The molecule has 0 atom stereocenters. The van der Waals surface area contributed by atoms with Gasteiger partial charge in [-0.25, -0.2) is 0 Å². The third-order valence-electron chi connectivity index (χ3n) is 1.37. The van der Waals surface area contributed by atoms with Crippen molar-refractivity contribution in [2.75, 3.05) is 0 Å². The average molecular weight is 299 g/mol. The second kappa shape index (κ2) is 38.0. The van der Waals surface area contributed by atoms with Crippen LogP contribution in [0.2, 0.25) is 0 Å². The maximum Gasteiger partial charge on any atom is 0.106 e. The van der Waals surface area contributed by atoms with E-state index in [0.717, 1.165) is 0 Å². The Kier molecular flexibility index (Phi) is 60.2. The topological polar surface area (TPSA) is 51.2 Å². The average Bonchev–Trinajstić information content (AvgIpc) is 2.26. The first-order valence-electron chi connectivity index (χ1n) is 4.18. The first-order valence-corrected chi connectivity index (χ1v) is 4.18. The molecule has 3 nitrogen and oxygen atoms in total. The fourth-order valence-electron chi connectivity index (χ4n) is 0.874. The monoisotopic (exact) mass is 300 g/mol. The molecule has 4 heteroatoms. The van der Waals surface area contributed by atoms with E-state index in [1.54, 1.807) is 0 Å². The molecule has 0 aromatic rings. The molecule has 0 N–H and O–H groups in total. The summed E-state index contributed by atoms with van der Waals surface area (Å²) in [6.07, 6.45) is 14.0. The molecule has 0 bridgehead atoms. The van der Waals surface area contributed by atoms with E-state index in [4.69, 9.17) is 14.4 Å². The van der Waals surface area contributed by atoms with Crippen molar-refractivity contribution >= 4 is 20.4 Å². The van der Waals surface area contributed by atoms with Crippen LogP contribution in [0.1, 0.15) is 25.7 Å². The summed E-state index contributed by atoms with van der Waals surface area (Å²) in [7, 11) is 0. The Morgan fingerprint density at radius 1 is 0.667 bits per heavy atom. The van der Waals surface area contributed by atoms with Crippen LogP contribution in [-0.4, -0.2) is 20.4 Å². The van der Waals surface area contributed by atoms with Gasteiger partial charge in [-0.05, 0) is 25.7 Å². The van der Waals surface area contributed by atoms with Crippen molar-refractivity contribution < 1.29 is 33.9 Å². The molecule has 0 fully saturated rings. The van der Waals surface area contributed by atoms with Crippen LogP contribution < -0.4 is 0 Å². The molecule has 0 aliphatic heterocycles. The van der Waals surface area contributed by atoms with Gasteiger partial charge in [-0.1, -0.05) is 24.3 Å². The van der Waals surface area contributed by atoms with E-state index in [-0.39, 0.29) is 19.5 Å². The zero-order chi connectivity index (χ0) is 11.7. The van der Waals surface area contributed by atoms with Gasteiger partial charge in [0.1, 0.15) is 20.4 Å². The minimum atomic E-state index is 0. The zero-order valence-corrected chi connectivity index (χ0v) is 10.6. The van der Waals surface area contributed by atoms with Gasteiger partial charge in [-0.15, -0.1) is 0 Å². The Bertz CT molecular complexity index is 128. The van der Waals surface area contributed by atoms with Crippen LogP contribution in [-0.2, 0) is 33.9 Å². The van der Waals surface area contributed by atoms with E-state index in [1.807, 2.05) is 20.4 Å². The van der Waals surface area contributed by atoms with Gasteiger partial charge in [0.15, 0.2) is 0 Å². The number of carbonyl (C=O) groups is 3. The second-order valence-corrected chi connectivity index (χ2v) is 2.14. The van der Waals surface area contributed by atoms with Crippen LogP contribution in [0.15, 0.2) is 24.3 Å². The SMILES string of the molecule is C1=CCCCCC=C1.C=O.C=O.C=O.[Ru]. The first kappa shape index (κ1) is 23.7. The summed E-state index contributed by atoms with van der Waals surface area (Å²) in [4.78, 5) is 24.0. The molecule has 0 amide bonds. The van der Waals surface area contributed by atoms with E-state index >= 15 is 0 Å². The zero-order valence-electron chi connectivity index (χ0n) is 8.84. The summed E-state index contributed by atoms with van der Waals surface area (Å²) in [6.45, 7) is 6.00. The van der Waals surface area contributed by atoms with Crippen molar-refractivity contribution in [3.8, 4) is 0 Å². The smallest absolute Gasteiger partial charge is 0.106 e. The quantitative estimate of drug-likeness (QED) is 0.644. The number of hydrogen-bond donors (Lipinski definition) is 0. The van der Waals surface area contributed by atoms with Gasteiger partial charge in [-0.2, -0.15) is 0 Å². The van der Waals surface area contributed by atoms with E-state index in [1.165, 1.54) is 25.7 Å². The normalized spacial score (nSPS) is 11.5. The van der Waals surface area contributed by atoms with Crippen molar-refractivity contribution in [2.45, 2.75) is 25.7 Å². The Balaban J connectivity index is -0.0000000755. The third kappa shape index (κ3) is 32.0. The molecule has 0 aromatic heterocycles. The fraction of sp³-hybridized carbons (Fsp3) is 0.364. The number of carbonyl (C=O) groups excluding carboxylic acids is 3. The molecule has 88 valence electrons. The maximum absolute atomic E-state index is 8.00. The summed E-state index contributed by atoms with van der Waals surface area (Å²) < 4.78 is 0. The summed E-state index contributed by atoms with van der Waals surface area (Å²) in [5, 5.41) is 0. The first-order chi connectivity index (χ1) is 7.00. The van der Waals surface area contributed by atoms with Crippen molar-refractivity contribution in [2.24, 2.45) is 0 Å². The number of rotatable bonds is 0. The van der Waals surface area contributed by atoms with Crippen molar-refractivity contribution in [1.29, 1.82) is 0 Å². The molecule has 0 unspecified atom stereocenters. The minimum Gasteiger partial charge on any atom is -0.307 e. The summed E-state index contributed by atoms with van der Waals surface area (Å²) in [5.74, 6) is 0. The Morgan fingerprint density at radius 2 is 0.933 bits per heavy atom. The summed E-state index contributed by atoms with van der Waals surface area (Å²) in [6, 6.07) is 0. The van der Waals surface area contributed by atoms with Crippen LogP contribution in [0.4, 0.5) is 0 Å². The van der Waals surface area contributed by atoms with Gasteiger partial charge in [0.05, 0.1) is 0 Å². The van der Waals surface area contributed by atoms with E-state index in [9.17, 15) is 0 Å². The molecule has 0 radical (unpaired) electrons. The van der Waals surface area contributed by atoms with Crippen LogP contribution in [0, 0.1) is 0 Å². The molecule has 0 saturated heterocycles. The van der Waals surface area contributed by atoms with Gasteiger partial charge in [0.25, 0.3) is 0 Å². The predicted molar refractivity (Wildman–Crippen MR) is 58.1 cm³/mol. The molecular weight excluding hydrogens is 281 g/mol. The van der Waals surface area contributed by atoms with Crippen LogP contribution in [0.5, 0.6) is 0 Å². The van der Waals surface area contributed by atoms with Gasteiger partial charge in [0, 0.05) is 19.5 Å². The second-order valence-electron chi connectivity index (χ2n) is 2.14. The van der Waals surface area contributed by atoms with Crippen molar-refractivity contribution in [1.82, 2.24) is 0 Å². The van der Waals surface area contributed by atoms with E-state index in [2.05, 4.69) is 24.3 Å². The van der Waals surface area contributed by atoms with Crippen LogP contribution in [0.25, 0.3) is 0 Å². The molecule has 0 heterocycles. The standard InChI is InChI=1S/C8H12.3CH2O.Ru/c1-2-4-6-8-7-5-3-1;3*1-2;/h1-4H,5-8H2;3*1H2;. The number of hydrogen-bond acceptors (Lipinski definition) is 3. The van der Waals surface area contributed by atoms with Crippen LogP contribution >= 0.6 is 0 Å². The molecule has 1 rings (SSSR count). The Hall–Kier alpha value is -0.887. The van der Waals surface area contributed by atoms with Crippen molar-refractivity contribution in [3.05, 3.63) is 24.3 Å². The molecular formula is C11H18O3Ru. The number of allylic oxidation sites excluding steroid dienone is 4. The minimum absolute atomic E-state index is 0. The molecule has 15 heavy (non-hydrogen) atoms. The Labute approximate surface area is 104 Å². The maximum atomic E-state index is 8.00. The molecule has 1 aliphatic carbocycles. The molecule has 0 saturated carbocycles. The van der Waals surface area contributed by atoms with Gasteiger partial charge < -0.3 is 14.4 Å². The van der Waals surface area contributed by atoms with Gasteiger partial charge in [-0.3, -0.25) is 0 Å². The van der Waals surface area contributed by atoms with E-state index in [0.29, 0.717) is 0 Å². The summed E-state index contributed by atoms with van der Waals surface area (Å²) in [5.41, 5.74) is 0. The Morgan fingerprint density at radius 3 is 1.20 bits per heavy atom.